The van der Waals surface area contributed by atoms with Crippen LogP contribution in [-0.4, -0.2) is 58.3 Å². The minimum atomic E-state index is 0.200. The molecule has 1 aliphatic heterocycles. The van der Waals surface area contributed by atoms with E-state index in [1.165, 1.54) is 24.1 Å². The van der Waals surface area contributed by atoms with Crippen molar-refractivity contribution in [1.29, 1.82) is 0 Å². The summed E-state index contributed by atoms with van der Waals surface area (Å²) in [5.74, 6) is 0.958. The number of carbonyl (C=O) groups excluding carboxylic acids is 1. The number of fused-ring (bicyclic) bond motifs is 1. The molecule has 134 valence electrons. The molecule has 1 aromatic rings. The molecule has 0 radical (unpaired) electrons. The van der Waals surface area contributed by atoms with Gasteiger partial charge in [-0.05, 0) is 39.7 Å². The molecule has 6 nitrogen and oxygen atoms in total. The number of hydrogen-bond acceptors (Lipinski definition) is 4. The third kappa shape index (κ3) is 3.98. The molecule has 0 atom stereocenters. The summed E-state index contributed by atoms with van der Waals surface area (Å²) in [6, 6.07) is 0.374. The van der Waals surface area contributed by atoms with E-state index < -0.39 is 0 Å². The Kier molecular flexibility index (Phi) is 5.25. The molecule has 0 unspecified atom stereocenters. The Labute approximate surface area is 144 Å². The minimum Gasteiger partial charge on any atom is -0.375 e. The molecule has 1 aliphatic carbocycles. The second kappa shape index (κ2) is 7.23. The van der Waals surface area contributed by atoms with E-state index in [1.807, 2.05) is 23.7 Å². The van der Waals surface area contributed by atoms with Crippen molar-refractivity contribution in [1.82, 2.24) is 19.6 Å². The highest BCUT2D eigenvalue weighted by Gasteiger charge is 2.28. The number of amides is 1. The summed E-state index contributed by atoms with van der Waals surface area (Å²) in [6.07, 6.45) is 3.47. The lowest BCUT2D eigenvalue weighted by Crippen LogP contribution is -2.43. The van der Waals surface area contributed by atoms with Crippen LogP contribution in [0.2, 0.25) is 0 Å². The average Bonchev–Trinajstić information content (AvgIpc) is 3.32. The van der Waals surface area contributed by atoms with Crippen molar-refractivity contribution < 1.29 is 9.53 Å². The van der Waals surface area contributed by atoms with Gasteiger partial charge in [0.2, 0.25) is 5.91 Å². The normalized spacial score (nSPS) is 17.7. The van der Waals surface area contributed by atoms with E-state index in [0.717, 1.165) is 31.2 Å². The predicted molar refractivity (Wildman–Crippen MR) is 92.5 cm³/mol. The maximum Gasteiger partial charge on any atom is 0.237 e. The number of hydrogen-bond donors (Lipinski definition) is 0. The first-order valence-electron chi connectivity index (χ1n) is 9.05. The summed E-state index contributed by atoms with van der Waals surface area (Å²) in [4.78, 5) is 16.6. The van der Waals surface area contributed by atoms with Gasteiger partial charge in [0.05, 0.1) is 18.8 Å². The Morgan fingerprint density at radius 2 is 2.17 bits per heavy atom. The second-order valence-electron chi connectivity index (χ2n) is 7.53. The summed E-state index contributed by atoms with van der Waals surface area (Å²) in [7, 11) is 3.99. The van der Waals surface area contributed by atoms with Crippen LogP contribution in [0.3, 0.4) is 0 Å². The highest BCUT2D eigenvalue weighted by Crippen LogP contribution is 2.29. The van der Waals surface area contributed by atoms with Crippen molar-refractivity contribution >= 4 is 5.91 Å². The van der Waals surface area contributed by atoms with Gasteiger partial charge in [-0.1, -0.05) is 0 Å². The van der Waals surface area contributed by atoms with E-state index >= 15 is 0 Å². The van der Waals surface area contributed by atoms with Gasteiger partial charge >= 0.3 is 0 Å². The Balaban J connectivity index is 1.63. The zero-order valence-electron chi connectivity index (χ0n) is 15.4. The van der Waals surface area contributed by atoms with E-state index in [2.05, 4.69) is 23.8 Å². The highest BCUT2D eigenvalue weighted by atomic mass is 16.5. The van der Waals surface area contributed by atoms with Gasteiger partial charge in [0.15, 0.2) is 0 Å². The summed E-state index contributed by atoms with van der Waals surface area (Å²) in [5.41, 5.74) is 3.45. The minimum absolute atomic E-state index is 0.200. The Bertz CT molecular complexity index is 592. The standard InChI is InChI=1S/C18H30N4O2/c1-13(2)20(3)10-18(23)22-8-7-17-15(9-22)16(19-21(17)4)12-24-11-14-5-6-14/h13-14H,5-12H2,1-4H3. The number of ether oxygens (including phenoxy) is 1. The molecule has 2 aliphatic rings. The molecule has 1 saturated carbocycles. The van der Waals surface area contributed by atoms with Crippen molar-refractivity contribution in [2.45, 2.75) is 52.3 Å². The molecular weight excluding hydrogens is 304 g/mol. The zero-order chi connectivity index (χ0) is 17.3. The van der Waals surface area contributed by atoms with Crippen LogP contribution in [-0.2, 0) is 36.2 Å². The number of aromatic nitrogens is 2. The predicted octanol–water partition coefficient (Wildman–Crippen LogP) is 1.57. The SMILES string of the molecule is CC(C)N(C)CC(=O)N1CCc2c(c(COCC3CC3)nn2C)C1. The maximum atomic E-state index is 12.6. The fourth-order valence-electron chi connectivity index (χ4n) is 3.10. The van der Waals surface area contributed by atoms with Crippen LogP contribution in [0.5, 0.6) is 0 Å². The lowest BCUT2D eigenvalue weighted by Gasteiger charge is -2.30. The van der Waals surface area contributed by atoms with Gasteiger partial charge in [-0.25, -0.2) is 0 Å². The van der Waals surface area contributed by atoms with Crippen molar-refractivity contribution in [2.75, 3.05) is 26.7 Å². The van der Waals surface area contributed by atoms with Gasteiger partial charge in [-0.2, -0.15) is 5.10 Å². The van der Waals surface area contributed by atoms with E-state index in [-0.39, 0.29) is 5.91 Å². The number of carbonyl (C=O) groups is 1. The number of nitrogens with zero attached hydrogens (tertiary/aromatic N) is 4. The van der Waals surface area contributed by atoms with Gasteiger partial charge in [0, 0.05) is 50.5 Å². The quantitative estimate of drug-likeness (QED) is 0.759. The maximum absolute atomic E-state index is 12.6. The lowest BCUT2D eigenvalue weighted by atomic mass is 10.1. The van der Waals surface area contributed by atoms with Crippen LogP contribution in [0.4, 0.5) is 0 Å². The van der Waals surface area contributed by atoms with Crippen LogP contribution >= 0.6 is 0 Å². The van der Waals surface area contributed by atoms with E-state index in [4.69, 9.17) is 4.74 Å². The monoisotopic (exact) mass is 334 g/mol. The first kappa shape index (κ1) is 17.4. The molecule has 0 N–H and O–H groups in total. The number of aryl methyl sites for hydroxylation is 1. The Morgan fingerprint density at radius 3 is 2.83 bits per heavy atom. The molecular formula is C18H30N4O2. The topological polar surface area (TPSA) is 50.6 Å². The average molecular weight is 334 g/mol. The number of likely N-dealkylation sites (N-methyl/N-ethyl adjacent to an activating group) is 1. The van der Waals surface area contributed by atoms with Gasteiger partial charge < -0.3 is 9.64 Å². The lowest BCUT2D eigenvalue weighted by molar-refractivity contribution is -0.133. The van der Waals surface area contributed by atoms with Crippen molar-refractivity contribution in [3.8, 4) is 0 Å². The molecule has 0 spiro atoms. The van der Waals surface area contributed by atoms with E-state index in [1.54, 1.807) is 0 Å². The van der Waals surface area contributed by atoms with Crippen LogP contribution < -0.4 is 0 Å². The molecule has 1 aromatic heterocycles. The molecule has 1 amide bonds. The third-order valence-corrected chi connectivity index (χ3v) is 5.23. The van der Waals surface area contributed by atoms with Crippen LogP contribution in [0.1, 0.15) is 43.6 Å². The summed E-state index contributed by atoms with van der Waals surface area (Å²) in [5, 5.41) is 4.64. The van der Waals surface area contributed by atoms with Crippen molar-refractivity contribution in [2.24, 2.45) is 13.0 Å². The number of rotatable bonds is 7. The molecule has 0 saturated heterocycles. The first-order chi connectivity index (χ1) is 11.5. The van der Waals surface area contributed by atoms with Crippen LogP contribution in [0.25, 0.3) is 0 Å². The van der Waals surface area contributed by atoms with Gasteiger partial charge in [0.25, 0.3) is 0 Å². The Morgan fingerprint density at radius 1 is 1.42 bits per heavy atom. The van der Waals surface area contributed by atoms with Crippen LogP contribution in [0.15, 0.2) is 0 Å². The fourth-order valence-corrected chi connectivity index (χ4v) is 3.10. The van der Waals surface area contributed by atoms with Gasteiger partial charge in [-0.15, -0.1) is 0 Å². The Hall–Kier alpha value is -1.40. The smallest absolute Gasteiger partial charge is 0.237 e. The molecule has 1 fully saturated rings. The van der Waals surface area contributed by atoms with E-state index in [0.29, 0.717) is 25.7 Å². The molecule has 0 bridgehead atoms. The van der Waals surface area contributed by atoms with Crippen molar-refractivity contribution in [3.05, 3.63) is 17.0 Å². The van der Waals surface area contributed by atoms with Gasteiger partial charge in [0.1, 0.15) is 0 Å². The first-order valence-corrected chi connectivity index (χ1v) is 9.05. The summed E-state index contributed by atoms with van der Waals surface area (Å²) in [6.45, 7) is 7.54. The molecule has 2 heterocycles. The molecule has 3 rings (SSSR count). The zero-order valence-corrected chi connectivity index (χ0v) is 15.4. The van der Waals surface area contributed by atoms with E-state index in [9.17, 15) is 4.79 Å². The summed E-state index contributed by atoms with van der Waals surface area (Å²) < 4.78 is 7.79. The largest absolute Gasteiger partial charge is 0.375 e. The summed E-state index contributed by atoms with van der Waals surface area (Å²) >= 11 is 0. The third-order valence-electron chi connectivity index (χ3n) is 5.23. The highest BCUT2D eigenvalue weighted by molar-refractivity contribution is 5.78. The molecule has 24 heavy (non-hydrogen) atoms. The van der Waals surface area contributed by atoms with Gasteiger partial charge in [-0.3, -0.25) is 14.4 Å². The second-order valence-corrected chi connectivity index (χ2v) is 7.53. The van der Waals surface area contributed by atoms with Crippen LogP contribution in [0, 0.1) is 5.92 Å². The molecule has 0 aromatic carbocycles. The molecule has 6 heteroatoms. The van der Waals surface area contributed by atoms with Crippen molar-refractivity contribution in [3.63, 3.8) is 0 Å². The fraction of sp³-hybridized carbons (Fsp3) is 0.778.